The number of rotatable bonds is 8. The lowest BCUT2D eigenvalue weighted by Crippen LogP contribution is -2.43. The van der Waals surface area contributed by atoms with Crippen molar-refractivity contribution in [3.63, 3.8) is 0 Å². The smallest absolute Gasteiger partial charge is 0.253 e. The van der Waals surface area contributed by atoms with Crippen LogP contribution in [0, 0.1) is 6.92 Å². The Hall–Kier alpha value is -3.84. The van der Waals surface area contributed by atoms with Gasteiger partial charge < -0.3 is 14.1 Å². The Kier molecular flexibility index (Phi) is 9.18. The molecule has 4 aromatic rings. The van der Waals surface area contributed by atoms with Crippen LogP contribution in [0.3, 0.4) is 0 Å². The van der Waals surface area contributed by atoms with E-state index in [4.69, 9.17) is 14.0 Å². The molecule has 2 aliphatic heterocycles. The van der Waals surface area contributed by atoms with Gasteiger partial charge in [-0.15, -0.1) is 11.3 Å². The number of carbonyl (C=O) groups is 2. The fourth-order valence-corrected chi connectivity index (χ4v) is 9.38. The van der Waals surface area contributed by atoms with E-state index in [1.165, 1.54) is 11.3 Å². The first-order valence-electron chi connectivity index (χ1n) is 15.0. The number of aryl methyl sites for hydroxylation is 1. The largest absolute Gasteiger partial charge is 0.441 e. The summed E-state index contributed by atoms with van der Waals surface area (Å²) in [5.41, 5.74) is 4.66. The van der Waals surface area contributed by atoms with Crippen molar-refractivity contribution in [3.8, 4) is 21.9 Å². The zero-order valence-electron chi connectivity index (χ0n) is 24.9. The van der Waals surface area contributed by atoms with Crippen LogP contribution >= 0.6 is 11.3 Å². The number of nitrogens with one attached hydrogen (secondary N) is 1. The summed E-state index contributed by atoms with van der Waals surface area (Å²) in [6.45, 7) is 2.58. The van der Waals surface area contributed by atoms with Gasteiger partial charge in [-0.1, -0.05) is 30.3 Å². The second kappa shape index (κ2) is 13.3. The van der Waals surface area contributed by atoms with E-state index in [1.54, 1.807) is 41.4 Å². The third-order valence-corrected chi connectivity index (χ3v) is 12.2. The highest BCUT2D eigenvalue weighted by Gasteiger charge is 2.50. The number of amides is 2. The van der Waals surface area contributed by atoms with Crippen molar-refractivity contribution >= 4 is 33.0 Å². The summed E-state index contributed by atoms with van der Waals surface area (Å²) in [7, 11) is -3.92. The number of thiophene rings is 1. The second-order valence-electron chi connectivity index (χ2n) is 11.4. The maximum atomic E-state index is 14.2. The average Bonchev–Trinajstić information content (AvgIpc) is 3.71. The van der Waals surface area contributed by atoms with Crippen molar-refractivity contribution in [3.05, 3.63) is 89.1 Å². The number of benzene rings is 2. The van der Waals surface area contributed by atoms with E-state index in [-0.39, 0.29) is 37.6 Å². The third kappa shape index (κ3) is 6.74. The number of hydroxylamine groups is 1. The van der Waals surface area contributed by atoms with Crippen molar-refractivity contribution in [1.82, 2.24) is 15.4 Å². The molecule has 1 N–H and O–H groups in total. The molecule has 2 atom stereocenters. The van der Waals surface area contributed by atoms with Gasteiger partial charge in [0.15, 0.2) is 16.1 Å². The molecule has 0 aliphatic carbocycles. The fraction of sp³-hybridized carbons (Fsp3) is 0.364. The minimum absolute atomic E-state index is 0.0336. The van der Waals surface area contributed by atoms with Gasteiger partial charge >= 0.3 is 0 Å². The maximum Gasteiger partial charge on any atom is 0.253 e. The Bertz CT molecular complexity index is 1750. The fourth-order valence-electron chi connectivity index (χ4n) is 5.77. The number of hydrogen-bond acceptors (Lipinski definition) is 9. The Balaban J connectivity index is 1.29. The lowest BCUT2D eigenvalue weighted by molar-refractivity contribution is -0.200. The first kappa shape index (κ1) is 31.2. The predicted octanol–water partition coefficient (Wildman–Crippen LogP) is 5.50. The van der Waals surface area contributed by atoms with Crippen LogP contribution in [0.15, 0.2) is 77.3 Å². The number of aromatic nitrogens is 1. The number of nitrogens with zero attached hydrogens (tertiary/aromatic N) is 2. The van der Waals surface area contributed by atoms with Gasteiger partial charge in [-0.2, -0.15) is 0 Å². The van der Waals surface area contributed by atoms with Crippen LogP contribution in [-0.2, 0) is 29.0 Å². The average molecular weight is 650 g/mol. The molecular weight excluding hydrogens is 615 g/mol. The van der Waals surface area contributed by atoms with E-state index in [0.717, 1.165) is 34.6 Å². The summed E-state index contributed by atoms with van der Waals surface area (Å²) in [5, 5.41) is 0. The molecule has 0 bridgehead atoms. The molecule has 236 valence electrons. The van der Waals surface area contributed by atoms with Crippen LogP contribution in [0.2, 0.25) is 0 Å². The van der Waals surface area contributed by atoms with Gasteiger partial charge in [-0.25, -0.2) is 23.7 Å². The van der Waals surface area contributed by atoms with Crippen LogP contribution in [0.1, 0.15) is 53.1 Å². The monoisotopic (exact) mass is 649 g/mol. The Morgan fingerprint density at radius 3 is 2.53 bits per heavy atom. The van der Waals surface area contributed by atoms with E-state index in [9.17, 15) is 18.0 Å². The van der Waals surface area contributed by atoms with Crippen molar-refractivity contribution in [1.29, 1.82) is 0 Å². The first-order valence-corrected chi connectivity index (χ1v) is 17.5. The van der Waals surface area contributed by atoms with Gasteiger partial charge in [0.25, 0.3) is 5.91 Å². The van der Waals surface area contributed by atoms with Crippen molar-refractivity contribution < 1.29 is 32.0 Å². The van der Waals surface area contributed by atoms with E-state index >= 15 is 0 Å². The van der Waals surface area contributed by atoms with E-state index in [1.807, 2.05) is 43.3 Å². The summed E-state index contributed by atoms with van der Waals surface area (Å²) < 4.78 is 38.1. The zero-order valence-corrected chi connectivity index (χ0v) is 26.6. The number of oxazole rings is 1. The summed E-state index contributed by atoms with van der Waals surface area (Å²) in [4.78, 5) is 39.5. The summed E-state index contributed by atoms with van der Waals surface area (Å²) in [6, 6.07) is 20.2. The lowest BCUT2D eigenvalue weighted by atomic mass is 9.97. The highest BCUT2D eigenvalue weighted by Crippen LogP contribution is 2.45. The molecule has 2 aromatic heterocycles. The molecule has 2 fully saturated rings. The first-order chi connectivity index (χ1) is 21.7. The SMILES string of the molecule is Cc1cnc(-c2ccc(-c3ccc(C4(CC(=O)NOC5CCCCO5)CCN(C(=O)c5ccccc5)CCS4(=O)=O)s3)cc2)o1. The lowest BCUT2D eigenvalue weighted by Gasteiger charge is -2.31. The van der Waals surface area contributed by atoms with Crippen LogP contribution in [-0.4, -0.2) is 61.9 Å². The topological polar surface area (TPSA) is 128 Å². The molecule has 4 heterocycles. The van der Waals surface area contributed by atoms with Crippen LogP contribution < -0.4 is 5.48 Å². The molecule has 2 aromatic carbocycles. The van der Waals surface area contributed by atoms with Gasteiger partial charge in [0.1, 0.15) is 10.5 Å². The van der Waals surface area contributed by atoms with Crippen molar-refractivity contribution in [2.45, 2.75) is 50.1 Å². The second-order valence-corrected chi connectivity index (χ2v) is 14.9. The number of sulfone groups is 1. The highest BCUT2D eigenvalue weighted by molar-refractivity contribution is 7.92. The number of carbonyl (C=O) groups excluding carboxylic acids is 2. The minimum atomic E-state index is -3.92. The highest BCUT2D eigenvalue weighted by atomic mass is 32.2. The Labute approximate surface area is 266 Å². The molecule has 2 amide bonds. The molecule has 0 saturated carbocycles. The van der Waals surface area contributed by atoms with Crippen LogP contribution in [0.25, 0.3) is 21.9 Å². The molecule has 45 heavy (non-hydrogen) atoms. The van der Waals surface area contributed by atoms with Gasteiger partial charge in [0.05, 0.1) is 18.4 Å². The van der Waals surface area contributed by atoms with E-state index in [0.29, 0.717) is 29.4 Å². The van der Waals surface area contributed by atoms with Gasteiger partial charge in [-0.3, -0.25) is 9.59 Å². The van der Waals surface area contributed by atoms with Crippen LogP contribution in [0.4, 0.5) is 0 Å². The maximum absolute atomic E-state index is 14.2. The zero-order chi connectivity index (χ0) is 31.4. The normalized spacial score (nSPS) is 21.6. The molecule has 0 spiro atoms. The number of hydrogen-bond donors (Lipinski definition) is 1. The molecule has 0 radical (unpaired) electrons. The molecule has 12 heteroatoms. The summed E-state index contributed by atoms with van der Waals surface area (Å²) in [6.07, 6.45) is 3.29. The molecule has 2 aliphatic rings. The predicted molar refractivity (Wildman–Crippen MR) is 170 cm³/mol. The van der Waals surface area contributed by atoms with E-state index in [2.05, 4.69) is 10.5 Å². The van der Waals surface area contributed by atoms with Crippen molar-refractivity contribution in [2.24, 2.45) is 0 Å². The van der Waals surface area contributed by atoms with Gasteiger partial charge in [0.2, 0.25) is 11.8 Å². The summed E-state index contributed by atoms with van der Waals surface area (Å²) in [5.74, 6) is 0.170. The van der Waals surface area contributed by atoms with Gasteiger partial charge in [-0.05, 0) is 68.1 Å². The number of ether oxygens (including phenoxy) is 1. The molecule has 6 rings (SSSR count). The Morgan fingerprint density at radius 2 is 1.82 bits per heavy atom. The third-order valence-electron chi connectivity index (χ3n) is 8.30. The van der Waals surface area contributed by atoms with Crippen LogP contribution in [0.5, 0.6) is 0 Å². The van der Waals surface area contributed by atoms with Crippen molar-refractivity contribution in [2.75, 3.05) is 25.4 Å². The molecule has 2 saturated heterocycles. The molecular formula is C33H35N3O7S2. The summed E-state index contributed by atoms with van der Waals surface area (Å²) >= 11 is 1.34. The molecule has 2 unspecified atom stereocenters. The van der Waals surface area contributed by atoms with Gasteiger partial charge in [0, 0.05) is 47.0 Å². The quantitative estimate of drug-likeness (QED) is 0.248. The van der Waals surface area contributed by atoms with E-state index < -0.39 is 26.8 Å². The molecule has 10 nitrogen and oxygen atoms in total. The Morgan fingerprint density at radius 1 is 1.04 bits per heavy atom. The minimum Gasteiger partial charge on any atom is -0.441 e. The standard InChI is InChI=1S/C33H35N3O7S2/c1-23-22-34-31(42-23)25-12-10-24(11-13-25)27-14-15-28(44-27)33(21-29(37)35-43-30-9-5-6-19-41-30)16-17-36(18-20-45(33,39)40)32(38)26-7-3-2-4-8-26/h2-4,7-8,10-15,22,30H,5-6,9,16-21H2,1H3,(H,35,37).